The normalized spacial score (nSPS) is 13.6. The first-order chi connectivity index (χ1) is 12.0. The number of amides is 2. The van der Waals surface area contributed by atoms with Crippen molar-refractivity contribution in [2.45, 2.75) is 19.8 Å². The fraction of sp³-hybridized carbons (Fsp3) is 0.389. The number of hydrogen-bond donors (Lipinski definition) is 2. The summed E-state index contributed by atoms with van der Waals surface area (Å²) in [5.74, 6) is 1.40. The van der Waals surface area contributed by atoms with Gasteiger partial charge in [-0.15, -0.1) is 0 Å². The number of aryl methyl sites for hydroxylation is 1. The van der Waals surface area contributed by atoms with Crippen LogP contribution in [-0.2, 0) is 0 Å². The fourth-order valence-corrected chi connectivity index (χ4v) is 2.78. The van der Waals surface area contributed by atoms with Gasteiger partial charge in [0.05, 0.1) is 6.20 Å². The van der Waals surface area contributed by atoms with Crippen LogP contribution >= 0.6 is 0 Å². The maximum Gasteiger partial charge on any atom is 0.323 e. The van der Waals surface area contributed by atoms with Gasteiger partial charge in [0.1, 0.15) is 5.69 Å². The SMILES string of the molecule is Cc1ccc(NC(=O)Nc2cnc(N3CCCC3)nc2N(C)C)cc1. The smallest absolute Gasteiger partial charge is 0.323 e. The Balaban J connectivity index is 1.74. The first kappa shape index (κ1) is 17.0. The highest BCUT2D eigenvalue weighted by atomic mass is 16.2. The van der Waals surface area contributed by atoms with Crippen LogP contribution in [0, 0.1) is 6.92 Å². The second-order valence-corrected chi connectivity index (χ2v) is 6.44. The molecule has 1 aliphatic heterocycles. The van der Waals surface area contributed by atoms with E-state index < -0.39 is 0 Å². The number of urea groups is 1. The van der Waals surface area contributed by atoms with E-state index in [2.05, 4.69) is 25.5 Å². The molecule has 2 N–H and O–H groups in total. The fourth-order valence-electron chi connectivity index (χ4n) is 2.78. The van der Waals surface area contributed by atoms with Crippen molar-refractivity contribution in [3.63, 3.8) is 0 Å². The molecule has 1 aromatic heterocycles. The van der Waals surface area contributed by atoms with Crippen LogP contribution in [0.4, 0.5) is 27.9 Å². The van der Waals surface area contributed by atoms with Crippen molar-refractivity contribution in [1.82, 2.24) is 9.97 Å². The van der Waals surface area contributed by atoms with E-state index in [4.69, 9.17) is 0 Å². The third kappa shape index (κ3) is 4.17. The van der Waals surface area contributed by atoms with Gasteiger partial charge in [-0.2, -0.15) is 4.98 Å². The number of carbonyl (C=O) groups excluding carboxylic acids is 1. The zero-order valence-corrected chi connectivity index (χ0v) is 14.9. The van der Waals surface area contributed by atoms with Gasteiger partial charge >= 0.3 is 6.03 Å². The third-order valence-corrected chi connectivity index (χ3v) is 4.13. The standard InChI is InChI=1S/C18H24N6O/c1-13-6-8-14(9-7-13)20-18(25)21-15-12-19-17(22-16(15)23(2)3)24-10-4-5-11-24/h6-9,12H,4-5,10-11H2,1-3H3,(H2,20,21,25). The van der Waals surface area contributed by atoms with Crippen LogP contribution in [0.2, 0.25) is 0 Å². The van der Waals surface area contributed by atoms with E-state index in [-0.39, 0.29) is 6.03 Å². The van der Waals surface area contributed by atoms with Gasteiger partial charge in [0.25, 0.3) is 0 Å². The van der Waals surface area contributed by atoms with E-state index in [1.165, 1.54) is 12.8 Å². The molecule has 0 radical (unpaired) electrons. The summed E-state index contributed by atoms with van der Waals surface area (Å²) in [6, 6.07) is 7.33. The van der Waals surface area contributed by atoms with Crippen LogP contribution in [-0.4, -0.2) is 43.2 Å². The molecule has 2 aromatic rings. The summed E-state index contributed by atoms with van der Waals surface area (Å²) in [7, 11) is 3.80. The first-order valence-corrected chi connectivity index (χ1v) is 8.47. The summed E-state index contributed by atoms with van der Waals surface area (Å²) in [5.41, 5.74) is 2.47. The Labute approximate surface area is 148 Å². The molecule has 1 aromatic carbocycles. The van der Waals surface area contributed by atoms with E-state index in [1.54, 1.807) is 6.20 Å². The Hall–Kier alpha value is -2.83. The Morgan fingerprint density at radius 2 is 1.80 bits per heavy atom. The lowest BCUT2D eigenvalue weighted by molar-refractivity contribution is 0.262. The number of nitrogens with zero attached hydrogens (tertiary/aromatic N) is 4. The van der Waals surface area contributed by atoms with Crippen molar-refractivity contribution in [3.8, 4) is 0 Å². The molecule has 7 heteroatoms. The second kappa shape index (κ2) is 7.38. The highest BCUT2D eigenvalue weighted by Crippen LogP contribution is 2.25. The molecule has 0 spiro atoms. The molecule has 0 bridgehead atoms. The van der Waals surface area contributed by atoms with Crippen LogP contribution in [0.3, 0.4) is 0 Å². The third-order valence-electron chi connectivity index (χ3n) is 4.13. The molecular formula is C18H24N6O. The van der Waals surface area contributed by atoms with Gasteiger partial charge in [-0.05, 0) is 31.9 Å². The van der Waals surface area contributed by atoms with Gasteiger partial charge in [0.2, 0.25) is 5.95 Å². The molecule has 25 heavy (non-hydrogen) atoms. The molecule has 132 valence electrons. The monoisotopic (exact) mass is 340 g/mol. The predicted molar refractivity (Wildman–Crippen MR) is 102 cm³/mol. The zero-order valence-electron chi connectivity index (χ0n) is 14.9. The number of hydrogen-bond acceptors (Lipinski definition) is 5. The lowest BCUT2D eigenvalue weighted by Crippen LogP contribution is -2.25. The minimum Gasteiger partial charge on any atom is -0.361 e. The lowest BCUT2D eigenvalue weighted by Gasteiger charge is -2.21. The maximum absolute atomic E-state index is 12.3. The van der Waals surface area contributed by atoms with Crippen molar-refractivity contribution in [1.29, 1.82) is 0 Å². The summed E-state index contributed by atoms with van der Waals surface area (Å²) < 4.78 is 0. The molecule has 0 unspecified atom stereocenters. The number of nitrogens with one attached hydrogen (secondary N) is 2. The minimum atomic E-state index is -0.315. The largest absolute Gasteiger partial charge is 0.361 e. The summed E-state index contributed by atoms with van der Waals surface area (Å²) in [6.07, 6.45) is 4.00. The molecule has 7 nitrogen and oxygen atoms in total. The molecule has 1 saturated heterocycles. The van der Waals surface area contributed by atoms with E-state index in [0.717, 1.165) is 24.3 Å². The number of anilines is 4. The summed E-state index contributed by atoms with van der Waals surface area (Å²) in [6.45, 7) is 3.97. The molecule has 0 atom stereocenters. The molecule has 2 amide bonds. The van der Waals surface area contributed by atoms with Gasteiger partial charge in [-0.1, -0.05) is 17.7 Å². The summed E-state index contributed by atoms with van der Waals surface area (Å²) in [5, 5.41) is 5.66. The average Bonchev–Trinajstić information content (AvgIpc) is 3.11. The van der Waals surface area contributed by atoms with Crippen LogP contribution in [0.1, 0.15) is 18.4 Å². The van der Waals surface area contributed by atoms with Crippen molar-refractivity contribution < 1.29 is 4.79 Å². The quantitative estimate of drug-likeness (QED) is 0.895. The Bertz CT molecular complexity index is 738. The van der Waals surface area contributed by atoms with Crippen LogP contribution < -0.4 is 20.4 Å². The van der Waals surface area contributed by atoms with Gasteiger partial charge < -0.3 is 20.4 Å². The minimum absolute atomic E-state index is 0.315. The van der Waals surface area contributed by atoms with Crippen molar-refractivity contribution in [3.05, 3.63) is 36.0 Å². The van der Waals surface area contributed by atoms with Crippen LogP contribution in [0.25, 0.3) is 0 Å². The number of rotatable bonds is 4. The number of aromatic nitrogens is 2. The molecule has 1 fully saturated rings. The van der Waals surface area contributed by atoms with Gasteiger partial charge in [-0.25, -0.2) is 9.78 Å². The van der Waals surface area contributed by atoms with Crippen LogP contribution in [0.5, 0.6) is 0 Å². The van der Waals surface area contributed by atoms with E-state index in [1.807, 2.05) is 50.2 Å². The van der Waals surface area contributed by atoms with Gasteiger partial charge in [-0.3, -0.25) is 0 Å². The van der Waals surface area contributed by atoms with E-state index in [9.17, 15) is 4.79 Å². The van der Waals surface area contributed by atoms with E-state index in [0.29, 0.717) is 17.5 Å². The van der Waals surface area contributed by atoms with Crippen LogP contribution in [0.15, 0.2) is 30.5 Å². The molecule has 2 heterocycles. The topological polar surface area (TPSA) is 73.4 Å². The zero-order chi connectivity index (χ0) is 17.8. The van der Waals surface area contributed by atoms with Crippen molar-refractivity contribution in [2.75, 3.05) is 47.6 Å². The van der Waals surface area contributed by atoms with Gasteiger partial charge in [0, 0.05) is 32.9 Å². The molecule has 0 saturated carbocycles. The predicted octanol–water partition coefficient (Wildman–Crippen LogP) is 3.10. The summed E-state index contributed by atoms with van der Waals surface area (Å²) in [4.78, 5) is 25.4. The molecular weight excluding hydrogens is 316 g/mol. The molecule has 0 aliphatic carbocycles. The Morgan fingerprint density at radius 3 is 2.44 bits per heavy atom. The highest BCUT2D eigenvalue weighted by molar-refractivity contribution is 6.01. The number of benzene rings is 1. The second-order valence-electron chi connectivity index (χ2n) is 6.44. The van der Waals surface area contributed by atoms with Crippen molar-refractivity contribution in [2.24, 2.45) is 0 Å². The van der Waals surface area contributed by atoms with Crippen molar-refractivity contribution >= 4 is 29.2 Å². The first-order valence-electron chi connectivity index (χ1n) is 8.47. The average molecular weight is 340 g/mol. The van der Waals surface area contributed by atoms with E-state index >= 15 is 0 Å². The maximum atomic E-state index is 12.3. The Morgan fingerprint density at radius 1 is 1.12 bits per heavy atom. The molecule has 3 rings (SSSR count). The van der Waals surface area contributed by atoms with Gasteiger partial charge in [0.15, 0.2) is 5.82 Å². The highest BCUT2D eigenvalue weighted by Gasteiger charge is 2.18. The molecule has 1 aliphatic rings. The lowest BCUT2D eigenvalue weighted by atomic mass is 10.2. The number of carbonyl (C=O) groups is 1. The summed E-state index contributed by atoms with van der Waals surface area (Å²) >= 11 is 0. The Kier molecular flexibility index (Phi) is 5.02.